The Balaban J connectivity index is 2.16. The van der Waals surface area contributed by atoms with Crippen LogP contribution in [0.3, 0.4) is 0 Å². The van der Waals surface area contributed by atoms with E-state index in [0.29, 0.717) is 19.6 Å². The summed E-state index contributed by atoms with van der Waals surface area (Å²) in [6.07, 6.45) is 3.17. The predicted octanol–water partition coefficient (Wildman–Crippen LogP) is 0.324. The third kappa shape index (κ3) is 5.44. The van der Waals surface area contributed by atoms with Gasteiger partial charge in [0.15, 0.2) is 0 Å². The molecule has 0 aromatic rings. The average molecular weight is 231 g/mol. The van der Waals surface area contributed by atoms with E-state index in [1.807, 2.05) is 0 Å². The van der Waals surface area contributed by atoms with Crippen molar-refractivity contribution in [3.05, 3.63) is 0 Å². The summed E-state index contributed by atoms with van der Waals surface area (Å²) in [6, 6.07) is 0. The highest BCUT2D eigenvalue weighted by Crippen LogP contribution is 2.13. The van der Waals surface area contributed by atoms with Gasteiger partial charge in [0.1, 0.15) is 0 Å². The molecule has 1 aliphatic heterocycles. The SMILES string of the molecule is O=C(O)CCN1CCCC(OCCCO)C1. The van der Waals surface area contributed by atoms with Crippen molar-refractivity contribution in [3.63, 3.8) is 0 Å². The Labute approximate surface area is 96.0 Å². The van der Waals surface area contributed by atoms with Gasteiger partial charge in [-0.15, -0.1) is 0 Å². The number of likely N-dealkylation sites (tertiary alicyclic amines) is 1. The molecule has 1 saturated heterocycles. The summed E-state index contributed by atoms with van der Waals surface area (Å²) in [7, 11) is 0. The molecule has 0 radical (unpaired) electrons. The predicted molar refractivity (Wildman–Crippen MR) is 59.4 cm³/mol. The van der Waals surface area contributed by atoms with Crippen LogP contribution in [0.15, 0.2) is 0 Å². The maximum Gasteiger partial charge on any atom is 0.304 e. The van der Waals surface area contributed by atoms with Crippen LogP contribution in [0, 0.1) is 0 Å². The van der Waals surface area contributed by atoms with Gasteiger partial charge in [0, 0.05) is 26.3 Å². The van der Waals surface area contributed by atoms with Crippen LogP contribution in [0.25, 0.3) is 0 Å². The lowest BCUT2D eigenvalue weighted by atomic mass is 10.1. The monoisotopic (exact) mass is 231 g/mol. The summed E-state index contributed by atoms with van der Waals surface area (Å²) >= 11 is 0. The Morgan fingerprint density at radius 3 is 3.00 bits per heavy atom. The van der Waals surface area contributed by atoms with Crippen LogP contribution in [0.1, 0.15) is 25.7 Å². The highest BCUT2D eigenvalue weighted by atomic mass is 16.5. The van der Waals surface area contributed by atoms with E-state index < -0.39 is 5.97 Å². The molecule has 5 heteroatoms. The number of aliphatic hydroxyl groups is 1. The van der Waals surface area contributed by atoms with Gasteiger partial charge in [-0.25, -0.2) is 0 Å². The van der Waals surface area contributed by atoms with Crippen molar-refractivity contribution in [1.29, 1.82) is 0 Å². The minimum absolute atomic E-state index is 0.162. The minimum atomic E-state index is -0.747. The smallest absolute Gasteiger partial charge is 0.304 e. The molecule has 0 aromatic carbocycles. The number of aliphatic carboxylic acids is 1. The summed E-state index contributed by atoms with van der Waals surface area (Å²) in [5, 5.41) is 17.2. The van der Waals surface area contributed by atoms with E-state index >= 15 is 0 Å². The van der Waals surface area contributed by atoms with Crippen molar-refractivity contribution < 1.29 is 19.7 Å². The number of hydrogen-bond donors (Lipinski definition) is 2. The zero-order chi connectivity index (χ0) is 11.8. The zero-order valence-corrected chi connectivity index (χ0v) is 9.60. The van der Waals surface area contributed by atoms with Crippen LogP contribution in [-0.2, 0) is 9.53 Å². The maximum absolute atomic E-state index is 10.4. The molecule has 0 aromatic heterocycles. The number of carbonyl (C=O) groups is 1. The van der Waals surface area contributed by atoms with Crippen LogP contribution < -0.4 is 0 Å². The maximum atomic E-state index is 10.4. The Morgan fingerprint density at radius 1 is 1.50 bits per heavy atom. The van der Waals surface area contributed by atoms with Gasteiger partial charge in [0.05, 0.1) is 12.5 Å². The van der Waals surface area contributed by atoms with Gasteiger partial charge in [-0.2, -0.15) is 0 Å². The lowest BCUT2D eigenvalue weighted by Gasteiger charge is -2.32. The van der Waals surface area contributed by atoms with Gasteiger partial charge < -0.3 is 19.8 Å². The van der Waals surface area contributed by atoms with E-state index in [4.69, 9.17) is 14.9 Å². The third-order valence-corrected chi connectivity index (χ3v) is 2.76. The Kier molecular flexibility index (Phi) is 6.37. The molecule has 5 nitrogen and oxygen atoms in total. The second kappa shape index (κ2) is 7.60. The van der Waals surface area contributed by atoms with Gasteiger partial charge >= 0.3 is 5.97 Å². The summed E-state index contributed by atoms with van der Waals surface area (Å²) in [4.78, 5) is 12.6. The summed E-state index contributed by atoms with van der Waals surface area (Å²) in [5.74, 6) is -0.747. The van der Waals surface area contributed by atoms with E-state index in [1.54, 1.807) is 0 Å². The van der Waals surface area contributed by atoms with Crippen LogP contribution >= 0.6 is 0 Å². The average Bonchev–Trinajstić information content (AvgIpc) is 2.27. The van der Waals surface area contributed by atoms with Gasteiger partial charge in [0.25, 0.3) is 0 Å². The number of ether oxygens (including phenoxy) is 1. The number of aliphatic hydroxyl groups excluding tert-OH is 1. The van der Waals surface area contributed by atoms with Gasteiger partial charge in [-0.1, -0.05) is 0 Å². The molecule has 0 saturated carbocycles. The second-order valence-electron chi connectivity index (χ2n) is 4.16. The molecular weight excluding hydrogens is 210 g/mol. The zero-order valence-electron chi connectivity index (χ0n) is 9.60. The Bertz CT molecular complexity index is 210. The molecular formula is C11H21NO4. The normalized spacial score (nSPS) is 22.2. The molecule has 0 aliphatic carbocycles. The fraction of sp³-hybridized carbons (Fsp3) is 0.909. The quantitative estimate of drug-likeness (QED) is 0.618. The second-order valence-corrected chi connectivity index (χ2v) is 4.16. The molecule has 94 valence electrons. The first-order chi connectivity index (χ1) is 7.72. The van der Waals surface area contributed by atoms with Crippen molar-refractivity contribution in [2.24, 2.45) is 0 Å². The van der Waals surface area contributed by atoms with E-state index in [2.05, 4.69) is 4.90 Å². The molecule has 1 rings (SSSR count). The van der Waals surface area contributed by atoms with Crippen LogP contribution in [-0.4, -0.2) is 60.0 Å². The highest BCUT2D eigenvalue weighted by molar-refractivity contribution is 5.66. The largest absolute Gasteiger partial charge is 0.481 e. The first kappa shape index (κ1) is 13.4. The van der Waals surface area contributed by atoms with Crippen LogP contribution in [0.5, 0.6) is 0 Å². The van der Waals surface area contributed by atoms with E-state index in [-0.39, 0.29) is 19.1 Å². The third-order valence-electron chi connectivity index (χ3n) is 2.76. The van der Waals surface area contributed by atoms with Crippen molar-refractivity contribution >= 4 is 5.97 Å². The number of rotatable bonds is 7. The number of hydrogen-bond acceptors (Lipinski definition) is 4. The summed E-state index contributed by atoms with van der Waals surface area (Å²) in [6.45, 7) is 3.14. The van der Waals surface area contributed by atoms with Crippen LogP contribution in [0.4, 0.5) is 0 Å². The fourth-order valence-electron chi connectivity index (χ4n) is 1.92. The molecule has 1 fully saturated rings. The first-order valence-corrected chi connectivity index (χ1v) is 5.89. The first-order valence-electron chi connectivity index (χ1n) is 5.89. The number of piperidine rings is 1. The topological polar surface area (TPSA) is 70.0 Å². The fourth-order valence-corrected chi connectivity index (χ4v) is 1.92. The molecule has 2 N–H and O–H groups in total. The number of nitrogens with zero attached hydrogens (tertiary/aromatic N) is 1. The summed E-state index contributed by atoms with van der Waals surface area (Å²) < 4.78 is 5.61. The standard InChI is InChI=1S/C11H21NO4/c13-7-2-8-16-10-3-1-5-12(9-10)6-4-11(14)15/h10,13H,1-9H2,(H,14,15). The van der Waals surface area contributed by atoms with Crippen molar-refractivity contribution in [1.82, 2.24) is 4.90 Å². The number of carboxylic acid groups (broad SMARTS) is 1. The molecule has 0 amide bonds. The lowest BCUT2D eigenvalue weighted by Crippen LogP contribution is -2.40. The molecule has 0 bridgehead atoms. The van der Waals surface area contributed by atoms with Crippen molar-refractivity contribution in [3.8, 4) is 0 Å². The Hall–Kier alpha value is -0.650. The van der Waals surface area contributed by atoms with Gasteiger partial charge in [-0.05, 0) is 25.8 Å². The minimum Gasteiger partial charge on any atom is -0.481 e. The van der Waals surface area contributed by atoms with E-state index in [9.17, 15) is 4.79 Å². The molecule has 1 heterocycles. The molecule has 0 spiro atoms. The molecule has 1 atom stereocenters. The molecule has 16 heavy (non-hydrogen) atoms. The Morgan fingerprint density at radius 2 is 2.31 bits per heavy atom. The van der Waals surface area contributed by atoms with Gasteiger partial charge in [0.2, 0.25) is 0 Å². The lowest BCUT2D eigenvalue weighted by molar-refractivity contribution is -0.137. The molecule has 1 aliphatic rings. The van der Waals surface area contributed by atoms with Crippen molar-refractivity contribution in [2.75, 3.05) is 32.8 Å². The van der Waals surface area contributed by atoms with E-state index in [1.165, 1.54) is 0 Å². The molecule has 1 unspecified atom stereocenters. The van der Waals surface area contributed by atoms with Crippen LogP contribution in [0.2, 0.25) is 0 Å². The van der Waals surface area contributed by atoms with Crippen molar-refractivity contribution in [2.45, 2.75) is 31.8 Å². The highest BCUT2D eigenvalue weighted by Gasteiger charge is 2.20. The number of carboxylic acids is 1. The van der Waals surface area contributed by atoms with E-state index in [0.717, 1.165) is 25.9 Å². The summed E-state index contributed by atoms with van der Waals surface area (Å²) in [5.41, 5.74) is 0. The van der Waals surface area contributed by atoms with Gasteiger partial charge in [-0.3, -0.25) is 4.79 Å².